The van der Waals surface area contributed by atoms with E-state index in [1.807, 2.05) is 37.3 Å². The van der Waals surface area contributed by atoms with Gasteiger partial charge in [0.2, 0.25) is 5.78 Å². The summed E-state index contributed by atoms with van der Waals surface area (Å²) in [4.78, 5) is 15.9. The number of aromatic amines is 1. The molecule has 2 aromatic carbocycles. The number of nitrogens with zero attached hydrogens (tertiary/aromatic N) is 1. The van der Waals surface area contributed by atoms with Crippen LogP contribution in [-0.4, -0.2) is 24.5 Å². The molecule has 0 fully saturated rings. The fourth-order valence-electron chi connectivity index (χ4n) is 2.83. The number of hydrogen-bond donors (Lipinski definition) is 1. The lowest BCUT2D eigenvalue weighted by Crippen LogP contribution is -2.01. The molecule has 0 saturated heterocycles. The molecule has 0 aliphatic heterocycles. The van der Waals surface area contributed by atoms with Gasteiger partial charge in [-0.15, -0.1) is 0 Å². The molecule has 1 aromatic heterocycles. The number of rotatable bonds is 6. The quantitative estimate of drug-likeness (QED) is 0.338. The van der Waals surface area contributed by atoms with E-state index >= 15 is 0 Å². The molecule has 0 aliphatic rings. The van der Waals surface area contributed by atoms with Gasteiger partial charge in [0, 0.05) is 22.7 Å². The van der Waals surface area contributed by atoms with Crippen molar-refractivity contribution in [3.05, 3.63) is 63.8 Å². The number of nitrogens with one attached hydrogen (secondary N) is 1. The molecule has 27 heavy (non-hydrogen) atoms. The molecule has 0 saturated carbocycles. The Morgan fingerprint density at radius 1 is 1.33 bits per heavy atom. The molecule has 1 heterocycles. The second kappa shape index (κ2) is 8.11. The second-order valence-corrected chi connectivity index (χ2v) is 6.57. The standard InChI is InChI=1S/C21H17BrN2O3/c1-3-27-21-17(22)9-13(10-19(21)26-2)8-14(11-23)20(25)16-12-24-18-7-5-4-6-15(16)18/h4-10,12,24H,3H2,1-2H3/b14-8+. The molecule has 0 aliphatic carbocycles. The number of ether oxygens (including phenoxy) is 2. The minimum Gasteiger partial charge on any atom is -0.493 e. The minimum atomic E-state index is -0.334. The summed E-state index contributed by atoms with van der Waals surface area (Å²) in [5.41, 5.74) is 2.02. The maximum absolute atomic E-state index is 12.9. The van der Waals surface area contributed by atoms with Gasteiger partial charge in [-0.1, -0.05) is 18.2 Å². The van der Waals surface area contributed by atoms with Gasteiger partial charge in [-0.05, 0) is 52.7 Å². The van der Waals surface area contributed by atoms with Crippen LogP contribution in [0.2, 0.25) is 0 Å². The highest BCUT2D eigenvalue weighted by molar-refractivity contribution is 9.10. The lowest BCUT2D eigenvalue weighted by atomic mass is 10.0. The molecule has 0 unspecified atom stereocenters. The number of methoxy groups -OCH3 is 1. The Bertz CT molecular complexity index is 1080. The summed E-state index contributed by atoms with van der Waals surface area (Å²) in [6.07, 6.45) is 3.18. The van der Waals surface area contributed by atoms with Gasteiger partial charge >= 0.3 is 0 Å². The number of carbonyl (C=O) groups excluding carboxylic acids is 1. The molecule has 3 aromatic rings. The number of nitriles is 1. The molecule has 1 N–H and O–H groups in total. The number of hydrogen-bond acceptors (Lipinski definition) is 4. The predicted octanol–water partition coefficient (Wildman–Crippen LogP) is 5.13. The van der Waals surface area contributed by atoms with E-state index in [2.05, 4.69) is 20.9 Å². The summed E-state index contributed by atoms with van der Waals surface area (Å²) in [6.45, 7) is 2.37. The SMILES string of the molecule is CCOc1c(Br)cc(/C=C(\C#N)C(=O)c2c[nH]c3ccccc23)cc1OC. The molecule has 136 valence electrons. The van der Waals surface area contributed by atoms with Crippen LogP contribution in [0.25, 0.3) is 17.0 Å². The largest absolute Gasteiger partial charge is 0.493 e. The van der Waals surface area contributed by atoms with Gasteiger partial charge in [-0.25, -0.2) is 0 Å². The number of aromatic nitrogens is 1. The van der Waals surface area contributed by atoms with Crippen LogP contribution in [0.5, 0.6) is 11.5 Å². The number of halogens is 1. The third-order valence-electron chi connectivity index (χ3n) is 4.05. The van der Waals surface area contributed by atoms with Gasteiger partial charge in [-0.2, -0.15) is 5.26 Å². The second-order valence-electron chi connectivity index (χ2n) is 5.71. The number of carbonyl (C=O) groups is 1. The number of allylic oxidation sites excluding steroid dienone is 1. The highest BCUT2D eigenvalue weighted by Gasteiger charge is 2.17. The first kappa shape index (κ1) is 18.7. The topological polar surface area (TPSA) is 75.1 Å². The summed E-state index contributed by atoms with van der Waals surface area (Å²) < 4.78 is 11.6. The summed E-state index contributed by atoms with van der Waals surface area (Å²) in [5, 5.41) is 10.3. The van der Waals surface area contributed by atoms with Crippen molar-refractivity contribution in [3.8, 4) is 17.6 Å². The molecule has 0 amide bonds. The van der Waals surface area contributed by atoms with Crippen molar-refractivity contribution < 1.29 is 14.3 Å². The van der Waals surface area contributed by atoms with Crippen LogP contribution in [0.3, 0.4) is 0 Å². The zero-order valence-corrected chi connectivity index (χ0v) is 16.5. The monoisotopic (exact) mass is 424 g/mol. The number of fused-ring (bicyclic) bond motifs is 1. The van der Waals surface area contributed by atoms with Crippen LogP contribution in [0, 0.1) is 11.3 Å². The number of para-hydroxylation sites is 1. The first-order valence-electron chi connectivity index (χ1n) is 8.32. The van der Waals surface area contributed by atoms with E-state index < -0.39 is 0 Å². The normalized spacial score (nSPS) is 11.3. The van der Waals surface area contributed by atoms with Crippen LogP contribution >= 0.6 is 15.9 Å². The fourth-order valence-corrected chi connectivity index (χ4v) is 3.40. The van der Waals surface area contributed by atoms with Crippen molar-refractivity contribution in [2.45, 2.75) is 6.92 Å². The van der Waals surface area contributed by atoms with E-state index in [0.717, 1.165) is 10.9 Å². The van der Waals surface area contributed by atoms with Crippen LogP contribution in [-0.2, 0) is 0 Å². The molecule has 0 radical (unpaired) electrons. The average molecular weight is 425 g/mol. The van der Waals surface area contributed by atoms with E-state index in [0.29, 0.717) is 33.7 Å². The third kappa shape index (κ3) is 3.74. The first-order chi connectivity index (χ1) is 13.1. The van der Waals surface area contributed by atoms with E-state index in [9.17, 15) is 10.1 Å². The minimum absolute atomic E-state index is 0.0397. The highest BCUT2D eigenvalue weighted by Crippen LogP contribution is 2.37. The molecule has 0 atom stereocenters. The Balaban J connectivity index is 2.03. The van der Waals surface area contributed by atoms with Crippen LogP contribution in [0.1, 0.15) is 22.8 Å². The summed E-state index contributed by atoms with van der Waals surface area (Å²) in [7, 11) is 1.54. The van der Waals surface area contributed by atoms with Gasteiger partial charge < -0.3 is 14.5 Å². The Hall–Kier alpha value is -3.04. The smallest absolute Gasteiger partial charge is 0.205 e. The summed E-state index contributed by atoms with van der Waals surface area (Å²) >= 11 is 3.45. The van der Waals surface area contributed by atoms with Crippen LogP contribution in [0.15, 0.2) is 52.6 Å². The molecular weight excluding hydrogens is 408 g/mol. The molecule has 3 rings (SSSR count). The highest BCUT2D eigenvalue weighted by atomic mass is 79.9. The van der Waals surface area contributed by atoms with Gasteiger partial charge in [0.1, 0.15) is 11.6 Å². The van der Waals surface area contributed by atoms with E-state index in [1.165, 1.54) is 0 Å². The molecule has 5 nitrogen and oxygen atoms in total. The zero-order chi connectivity index (χ0) is 19.4. The Kier molecular flexibility index (Phi) is 5.63. The average Bonchev–Trinajstić information content (AvgIpc) is 3.11. The van der Waals surface area contributed by atoms with E-state index in [-0.39, 0.29) is 11.4 Å². The lowest BCUT2D eigenvalue weighted by Gasteiger charge is -2.12. The summed E-state index contributed by atoms with van der Waals surface area (Å²) in [5.74, 6) is 0.770. The molecular formula is C21H17BrN2O3. The van der Waals surface area contributed by atoms with Gasteiger partial charge in [0.15, 0.2) is 11.5 Å². The van der Waals surface area contributed by atoms with Crippen molar-refractivity contribution >= 4 is 38.7 Å². The van der Waals surface area contributed by atoms with Gasteiger partial charge in [-0.3, -0.25) is 4.79 Å². The third-order valence-corrected chi connectivity index (χ3v) is 4.64. The van der Waals surface area contributed by atoms with Crippen molar-refractivity contribution in [1.29, 1.82) is 5.26 Å². The molecule has 0 spiro atoms. The van der Waals surface area contributed by atoms with E-state index in [4.69, 9.17) is 9.47 Å². The Labute approximate surface area is 165 Å². The number of benzene rings is 2. The maximum Gasteiger partial charge on any atom is 0.205 e. The Morgan fingerprint density at radius 3 is 2.81 bits per heavy atom. The number of ketones is 1. The Morgan fingerprint density at radius 2 is 2.11 bits per heavy atom. The van der Waals surface area contributed by atoms with Crippen molar-refractivity contribution in [2.75, 3.05) is 13.7 Å². The van der Waals surface area contributed by atoms with E-state index in [1.54, 1.807) is 31.5 Å². The van der Waals surface area contributed by atoms with Crippen molar-refractivity contribution in [2.24, 2.45) is 0 Å². The predicted molar refractivity (Wildman–Crippen MR) is 108 cm³/mol. The van der Waals surface area contributed by atoms with Gasteiger partial charge in [0.25, 0.3) is 0 Å². The maximum atomic E-state index is 12.9. The van der Waals surface area contributed by atoms with Crippen LogP contribution < -0.4 is 9.47 Å². The number of H-pyrrole nitrogens is 1. The molecule has 0 bridgehead atoms. The fraction of sp³-hybridized carbons (Fsp3) is 0.143. The number of Topliss-reactive ketones (excluding diaryl/α,β-unsaturated/α-hetero) is 1. The van der Waals surface area contributed by atoms with Gasteiger partial charge in [0.05, 0.1) is 18.2 Å². The first-order valence-corrected chi connectivity index (χ1v) is 9.11. The van der Waals surface area contributed by atoms with Crippen LogP contribution in [0.4, 0.5) is 0 Å². The summed E-state index contributed by atoms with van der Waals surface area (Å²) in [6, 6.07) is 13.0. The lowest BCUT2D eigenvalue weighted by molar-refractivity contribution is 0.104. The van der Waals surface area contributed by atoms with Crippen molar-refractivity contribution in [3.63, 3.8) is 0 Å². The zero-order valence-electron chi connectivity index (χ0n) is 14.9. The molecule has 6 heteroatoms. The van der Waals surface area contributed by atoms with Crippen molar-refractivity contribution in [1.82, 2.24) is 4.98 Å².